The van der Waals surface area contributed by atoms with Crippen LogP contribution in [0.3, 0.4) is 0 Å². The van der Waals surface area contributed by atoms with E-state index in [-0.39, 0.29) is 30.0 Å². The highest BCUT2D eigenvalue weighted by Gasteiger charge is 2.64. The standard InChI is InChI=1S/C23H26F3N5O2/c1-14-6-16(9-27-19(14)33-12-22(4-5-22)23(24,25)26)20(32)30-10-21(11-30)7-17(8-21)31-13-28-18(29-31)15-2-3-15/h6,9,13,15,17H,2-5,7-8,10-12H2,1H3. The van der Waals surface area contributed by atoms with Crippen LogP contribution in [0.5, 0.6) is 5.88 Å². The smallest absolute Gasteiger partial charge is 0.397 e. The lowest BCUT2D eigenvalue weighted by atomic mass is 9.60. The highest BCUT2D eigenvalue weighted by molar-refractivity contribution is 5.94. The van der Waals surface area contributed by atoms with Crippen molar-refractivity contribution in [3.05, 3.63) is 35.5 Å². The largest absolute Gasteiger partial charge is 0.477 e. The molecule has 0 atom stereocenters. The van der Waals surface area contributed by atoms with E-state index in [9.17, 15) is 18.0 Å². The van der Waals surface area contributed by atoms with Gasteiger partial charge in [0.2, 0.25) is 5.88 Å². The number of aromatic nitrogens is 4. The van der Waals surface area contributed by atoms with Crippen LogP contribution in [0.1, 0.15) is 72.2 Å². The quantitative estimate of drug-likeness (QED) is 0.649. The van der Waals surface area contributed by atoms with Crippen molar-refractivity contribution in [1.29, 1.82) is 0 Å². The van der Waals surface area contributed by atoms with Crippen molar-refractivity contribution < 1.29 is 22.7 Å². The number of halogens is 3. The van der Waals surface area contributed by atoms with Crippen LogP contribution < -0.4 is 4.74 Å². The second-order valence-corrected chi connectivity index (χ2v) is 10.5. The Hall–Kier alpha value is -2.65. The van der Waals surface area contributed by atoms with E-state index >= 15 is 0 Å². The van der Waals surface area contributed by atoms with Gasteiger partial charge in [0.15, 0.2) is 5.82 Å². The molecule has 3 saturated carbocycles. The van der Waals surface area contributed by atoms with Gasteiger partial charge in [-0.25, -0.2) is 14.6 Å². The van der Waals surface area contributed by atoms with Crippen LogP contribution in [0.4, 0.5) is 13.2 Å². The molecule has 1 aliphatic heterocycles. The van der Waals surface area contributed by atoms with Crippen LogP contribution in [-0.4, -0.2) is 56.4 Å². The molecular formula is C23H26F3N5O2. The summed E-state index contributed by atoms with van der Waals surface area (Å²) in [7, 11) is 0. The van der Waals surface area contributed by atoms with Gasteiger partial charge in [-0.15, -0.1) is 0 Å². The van der Waals surface area contributed by atoms with Crippen molar-refractivity contribution >= 4 is 5.91 Å². The molecule has 10 heteroatoms. The first kappa shape index (κ1) is 20.9. The van der Waals surface area contributed by atoms with Crippen LogP contribution >= 0.6 is 0 Å². The zero-order valence-electron chi connectivity index (χ0n) is 18.4. The molecule has 4 fully saturated rings. The monoisotopic (exact) mass is 461 g/mol. The van der Waals surface area contributed by atoms with Crippen LogP contribution in [0.25, 0.3) is 0 Å². The summed E-state index contributed by atoms with van der Waals surface area (Å²) in [5.41, 5.74) is -0.579. The van der Waals surface area contributed by atoms with Crippen molar-refractivity contribution in [3.8, 4) is 5.88 Å². The maximum atomic E-state index is 13.1. The van der Waals surface area contributed by atoms with E-state index in [0.29, 0.717) is 36.2 Å². The molecule has 0 radical (unpaired) electrons. The van der Waals surface area contributed by atoms with Crippen molar-refractivity contribution in [2.75, 3.05) is 19.7 Å². The van der Waals surface area contributed by atoms with Gasteiger partial charge < -0.3 is 9.64 Å². The summed E-state index contributed by atoms with van der Waals surface area (Å²) < 4.78 is 46.7. The molecular weight excluding hydrogens is 435 g/mol. The number of aryl methyl sites for hydroxylation is 1. The SMILES string of the molecule is Cc1cc(C(=O)N2CC3(CC(n4cnc(C5CC5)n4)C3)C2)cnc1OCC1(C(F)(F)F)CC1. The zero-order chi connectivity index (χ0) is 23.0. The molecule has 1 saturated heterocycles. The van der Waals surface area contributed by atoms with Crippen molar-refractivity contribution in [2.24, 2.45) is 10.8 Å². The number of likely N-dealkylation sites (tertiary alicyclic amines) is 1. The number of ether oxygens (including phenoxy) is 1. The van der Waals surface area contributed by atoms with E-state index in [1.165, 1.54) is 19.0 Å². The van der Waals surface area contributed by atoms with E-state index in [1.807, 2.05) is 15.9 Å². The first-order chi connectivity index (χ1) is 15.7. The number of hydrogen-bond acceptors (Lipinski definition) is 5. The first-order valence-corrected chi connectivity index (χ1v) is 11.5. The first-order valence-electron chi connectivity index (χ1n) is 11.5. The van der Waals surface area contributed by atoms with Crippen LogP contribution in [0.2, 0.25) is 0 Å². The van der Waals surface area contributed by atoms with Gasteiger partial charge in [-0.05, 0) is 51.5 Å². The molecule has 0 aromatic carbocycles. The predicted octanol–water partition coefficient (Wildman–Crippen LogP) is 4.06. The molecule has 4 aliphatic rings. The number of pyridine rings is 1. The Morgan fingerprint density at radius 3 is 2.55 bits per heavy atom. The Morgan fingerprint density at radius 1 is 1.21 bits per heavy atom. The number of carbonyl (C=O) groups excluding carboxylic acids is 1. The maximum Gasteiger partial charge on any atom is 0.397 e. The summed E-state index contributed by atoms with van der Waals surface area (Å²) in [6, 6.07) is 2.01. The number of amides is 1. The van der Waals surface area contributed by atoms with Crippen LogP contribution in [0, 0.1) is 17.8 Å². The van der Waals surface area contributed by atoms with Gasteiger partial charge in [0, 0.05) is 36.2 Å². The zero-order valence-corrected chi connectivity index (χ0v) is 18.4. The van der Waals surface area contributed by atoms with Crippen molar-refractivity contribution in [1.82, 2.24) is 24.6 Å². The summed E-state index contributed by atoms with van der Waals surface area (Å²) in [5, 5.41) is 4.63. The number of carbonyl (C=O) groups is 1. The van der Waals surface area contributed by atoms with E-state index in [4.69, 9.17) is 4.74 Å². The van der Waals surface area contributed by atoms with Gasteiger partial charge in [0.05, 0.1) is 11.6 Å². The lowest BCUT2D eigenvalue weighted by Gasteiger charge is -2.58. The van der Waals surface area contributed by atoms with Gasteiger partial charge in [-0.2, -0.15) is 18.3 Å². The average Bonchev–Trinajstić information content (AvgIpc) is 3.63. The summed E-state index contributed by atoms with van der Waals surface area (Å²) in [6.07, 6.45) is 3.51. The Balaban J connectivity index is 1.02. The number of nitrogens with zero attached hydrogens (tertiary/aromatic N) is 5. The molecule has 6 rings (SSSR count). The van der Waals surface area contributed by atoms with Crippen molar-refractivity contribution in [2.45, 2.75) is 63.6 Å². The Morgan fingerprint density at radius 2 is 1.94 bits per heavy atom. The minimum Gasteiger partial charge on any atom is -0.477 e. The minimum absolute atomic E-state index is 0.0856. The molecule has 0 N–H and O–H groups in total. The molecule has 7 nitrogen and oxygen atoms in total. The lowest BCUT2D eigenvalue weighted by molar-refractivity contribution is -0.194. The third-order valence-electron chi connectivity index (χ3n) is 7.74. The van der Waals surface area contributed by atoms with Crippen molar-refractivity contribution in [3.63, 3.8) is 0 Å². The van der Waals surface area contributed by atoms with Gasteiger partial charge in [-0.3, -0.25) is 4.79 Å². The summed E-state index contributed by atoms with van der Waals surface area (Å²) >= 11 is 0. The van der Waals surface area contributed by atoms with E-state index in [2.05, 4.69) is 15.1 Å². The molecule has 0 bridgehead atoms. The molecule has 3 heterocycles. The fourth-order valence-corrected chi connectivity index (χ4v) is 5.16. The normalized spacial score (nSPS) is 23.2. The molecule has 2 aromatic heterocycles. The molecule has 1 spiro atoms. The molecule has 3 aliphatic carbocycles. The van der Waals surface area contributed by atoms with Gasteiger partial charge in [0.1, 0.15) is 18.3 Å². The third kappa shape index (κ3) is 3.58. The molecule has 1 amide bonds. The minimum atomic E-state index is -4.27. The fourth-order valence-electron chi connectivity index (χ4n) is 5.16. The Labute approximate surface area is 189 Å². The molecule has 33 heavy (non-hydrogen) atoms. The Kier molecular flexibility index (Phi) is 4.39. The fraction of sp³-hybridized carbons (Fsp3) is 0.652. The maximum absolute atomic E-state index is 13.1. The second kappa shape index (κ2) is 6.93. The van der Waals surface area contributed by atoms with E-state index < -0.39 is 18.2 Å². The lowest BCUT2D eigenvalue weighted by Crippen LogP contribution is -2.63. The molecule has 2 aromatic rings. The van der Waals surface area contributed by atoms with Crippen LogP contribution in [-0.2, 0) is 0 Å². The highest BCUT2D eigenvalue weighted by Crippen LogP contribution is 2.57. The topological polar surface area (TPSA) is 73.1 Å². The van der Waals surface area contributed by atoms with E-state index in [0.717, 1.165) is 18.7 Å². The number of rotatable bonds is 6. The number of hydrogen-bond donors (Lipinski definition) is 0. The summed E-state index contributed by atoms with van der Waals surface area (Å²) in [4.78, 5) is 23.3. The second-order valence-electron chi connectivity index (χ2n) is 10.5. The molecule has 176 valence electrons. The van der Waals surface area contributed by atoms with Gasteiger partial charge in [-0.1, -0.05) is 0 Å². The summed E-state index contributed by atoms with van der Waals surface area (Å²) in [5.74, 6) is 1.56. The molecule has 0 unspecified atom stereocenters. The van der Waals surface area contributed by atoms with Gasteiger partial charge >= 0.3 is 6.18 Å². The number of alkyl halides is 3. The van der Waals surface area contributed by atoms with Gasteiger partial charge in [0.25, 0.3) is 5.91 Å². The Bertz CT molecular complexity index is 1090. The third-order valence-corrected chi connectivity index (χ3v) is 7.74. The van der Waals surface area contributed by atoms with Crippen LogP contribution in [0.15, 0.2) is 18.6 Å². The van der Waals surface area contributed by atoms with E-state index in [1.54, 1.807) is 13.0 Å². The predicted molar refractivity (Wildman–Crippen MR) is 111 cm³/mol. The summed E-state index contributed by atoms with van der Waals surface area (Å²) in [6.45, 7) is 2.69. The highest BCUT2D eigenvalue weighted by atomic mass is 19.4. The average molecular weight is 461 g/mol.